The Hall–Kier alpha value is -2.73. The van der Waals surface area contributed by atoms with Gasteiger partial charge in [-0.1, -0.05) is 24.3 Å². The highest BCUT2D eigenvalue weighted by Crippen LogP contribution is 2.31. The lowest BCUT2D eigenvalue weighted by molar-refractivity contribution is -0.115. The van der Waals surface area contributed by atoms with Gasteiger partial charge in [-0.3, -0.25) is 4.79 Å². The maximum Gasteiger partial charge on any atom is 0.264 e. The van der Waals surface area contributed by atoms with E-state index in [2.05, 4.69) is 10.3 Å². The van der Waals surface area contributed by atoms with Crippen LogP contribution < -0.4 is 10.1 Å². The fraction of sp³-hybridized carbons (Fsp3) is 0.111. The average molecular weight is 340 g/mol. The predicted octanol–water partition coefficient (Wildman–Crippen LogP) is 3.60. The average Bonchev–Trinajstić information content (AvgIpc) is 2.91. The lowest BCUT2D eigenvalue weighted by Gasteiger charge is -2.03. The van der Waals surface area contributed by atoms with E-state index in [4.69, 9.17) is 4.74 Å². The van der Waals surface area contributed by atoms with Crippen molar-refractivity contribution in [1.29, 1.82) is 0 Å². The normalized spacial score (nSPS) is 17.3. The summed E-state index contributed by atoms with van der Waals surface area (Å²) < 4.78 is 5.08. The number of nitrogens with zero attached hydrogens (tertiary/aromatic N) is 1. The molecule has 6 heteroatoms. The lowest BCUT2D eigenvalue weighted by atomic mass is 10.2. The van der Waals surface area contributed by atoms with E-state index >= 15 is 0 Å². The Labute approximate surface area is 144 Å². The van der Waals surface area contributed by atoms with Crippen molar-refractivity contribution in [3.05, 3.63) is 58.5 Å². The number of hydrogen-bond acceptors (Lipinski definition) is 5. The number of phenolic OH excluding ortho intramolecular Hbond substituents is 1. The molecule has 2 aromatic carbocycles. The monoisotopic (exact) mass is 340 g/mol. The number of aliphatic imine (C=N–C) groups is 1. The summed E-state index contributed by atoms with van der Waals surface area (Å²) in [6.07, 6.45) is 1.74. The van der Waals surface area contributed by atoms with Crippen LogP contribution in [0.3, 0.4) is 0 Å². The quantitative estimate of drug-likeness (QED) is 0.838. The van der Waals surface area contributed by atoms with Gasteiger partial charge in [0.2, 0.25) is 0 Å². The Morgan fingerprint density at radius 1 is 1.25 bits per heavy atom. The van der Waals surface area contributed by atoms with Crippen molar-refractivity contribution in [1.82, 2.24) is 5.32 Å². The minimum absolute atomic E-state index is 0.0602. The number of carbonyl (C=O) groups excluding carboxylic acids is 1. The first-order chi connectivity index (χ1) is 11.6. The van der Waals surface area contributed by atoms with E-state index in [0.717, 1.165) is 16.8 Å². The van der Waals surface area contributed by atoms with Gasteiger partial charge in [0.25, 0.3) is 5.91 Å². The van der Waals surface area contributed by atoms with Crippen molar-refractivity contribution in [2.75, 3.05) is 7.11 Å². The van der Waals surface area contributed by atoms with Crippen molar-refractivity contribution in [2.45, 2.75) is 6.92 Å². The molecule has 3 rings (SSSR count). The van der Waals surface area contributed by atoms with Crippen molar-refractivity contribution in [3.8, 4) is 11.5 Å². The van der Waals surface area contributed by atoms with Crippen LogP contribution in [0.1, 0.15) is 11.1 Å². The summed E-state index contributed by atoms with van der Waals surface area (Å²) in [5.74, 6) is 0.228. The van der Waals surface area contributed by atoms with Crippen LogP contribution in [0, 0.1) is 6.92 Å². The number of ether oxygens (including phenoxy) is 1. The van der Waals surface area contributed by atoms with E-state index < -0.39 is 0 Å². The molecule has 0 radical (unpaired) electrons. The zero-order chi connectivity index (χ0) is 17.1. The molecular weight excluding hydrogens is 324 g/mol. The molecule has 1 amide bonds. The fourth-order valence-corrected chi connectivity index (χ4v) is 3.05. The van der Waals surface area contributed by atoms with Gasteiger partial charge in [0.1, 0.15) is 0 Å². The van der Waals surface area contributed by atoms with Crippen molar-refractivity contribution < 1.29 is 14.6 Å². The number of amidine groups is 1. The third-order valence-electron chi connectivity index (χ3n) is 3.49. The first-order valence-corrected chi connectivity index (χ1v) is 8.10. The smallest absolute Gasteiger partial charge is 0.264 e. The van der Waals surface area contributed by atoms with Gasteiger partial charge in [-0.2, -0.15) is 0 Å². The second-order valence-electron chi connectivity index (χ2n) is 5.20. The molecule has 24 heavy (non-hydrogen) atoms. The summed E-state index contributed by atoms with van der Waals surface area (Å²) in [4.78, 5) is 17.2. The van der Waals surface area contributed by atoms with Crippen LogP contribution in [0.2, 0.25) is 0 Å². The zero-order valence-corrected chi connectivity index (χ0v) is 14.1. The lowest BCUT2D eigenvalue weighted by Crippen LogP contribution is -2.19. The van der Waals surface area contributed by atoms with Gasteiger partial charge in [0.05, 0.1) is 17.7 Å². The number of aromatic hydroxyl groups is 1. The fourth-order valence-electron chi connectivity index (χ4n) is 2.21. The highest BCUT2D eigenvalue weighted by atomic mass is 32.2. The predicted molar refractivity (Wildman–Crippen MR) is 96.6 cm³/mol. The standard InChI is InChI=1S/C18H16N2O3S/c1-11-5-3-4-6-13(11)19-18-20-17(22)16(24-18)10-12-7-8-14(21)15(9-12)23-2/h3-10,21H,1-2H3,(H,19,20,22)/b16-10-. The number of rotatable bonds is 3. The van der Waals surface area contributed by atoms with Crippen LogP contribution in [0.25, 0.3) is 6.08 Å². The van der Waals surface area contributed by atoms with Gasteiger partial charge in [-0.15, -0.1) is 0 Å². The number of phenols is 1. The third-order valence-corrected chi connectivity index (χ3v) is 4.40. The molecule has 2 aromatic rings. The van der Waals surface area contributed by atoms with Crippen LogP contribution in [-0.2, 0) is 4.79 Å². The number of methoxy groups -OCH3 is 1. The number of aryl methyl sites for hydroxylation is 1. The van der Waals surface area contributed by atoms with Gasteiger partial charge >= 0.3 is 0 Å². The molecule has 1 aliphatic rings. The highest BCUT2D eigenvalue weighted by Gasteiger charge is 2.24. The van der Waals surface area contributed by atoms with E-state index in [-0.39, 0.29) is 11.7 Å². The Balaban J connectivity index is 1.86. The first-order valence-electron chi connectivity index (χ1n) is 7.29. The first kappa shape index (κ1) is 16.1. The summed E-state index contributed by atoms with van der Waals surface area (Å²) in [5.41, 5.74) is 2.63. The van der Waals surface area contributed by atoms with Crippen LogP contribution in [-0.4, -0.2) is 23.3 Å². The largest absolute Gasteiger partial charge is 0.504 e. The Morgan fingerprint density at radius 2 is 2.04 bits per heavy atom. The van der Waals surface area contributed by atoms with Crippen molar-refractivity contribution in [2.24, 2.45) is 4.99 Å². The van der Waals surface area contributed by atoms with Gasteiger partial charge in [-0.05, 0) is 54.1 Å². The summed E-state index contributed by atoms with van der Waals surface area (Å²) >= 11 is 1.28. The molecule has 0 aliphatic carbocycles. The molecule has 1 fully saturated rings. The Morgan fingerprint density at radius 3 is 2.79 bits per heavy atom. The molecule has 1 aliphatic heterocycles. The van der Waals surface area contributed by atoms with E-state index in [1.807, 2.05) is 31.2 Å². The Kier molecular flexibility index (Phi) is 4.57. The molecule has 0 unspecified atom stereocenters. The molecule has 0 spiro atoms. The highest BCUT2D eigenvalue weighted by molar-refractivity contribution is 8.18. The second kappa shape index (κ2) is 6.80. The van der Waals surface area contributed by atoms with Gasteiger partial charge in [-0.25, -0.2) is 4.99 Å². The van der Waals surface area contributed by atoms with Gasteiger partial charge < -0.3 is 15.2 Å². The van der Waals surface area contributed by atoms with Gasteiger partial charge in [0, 0.05) is 0 Å². The van der Waals surface area contributed by atoms with E-state index in [0.29, 0.717) is 15.8 Å². The molecule has 1 heterocycles. The maximum atomic E-state index is 12.1. The van der Waals surface area contributed by atoms with Crippen LogP contribution in [0.5, 0.6) is 11.5 Å². The second-order valence-corrected chi connectivity index (χ2v) is 6.23. The molecule has 5 nitrogen and oxygen atoms in total. The number of para-hydroxylation sites is 1. The number of benzene rings is 2. The van der Waals surface area contributed by atoms with E-state index in [1.165, 1.54) is 24.9 Å². The molecule has 1 saturated heterocycles. The number of hydrogen-bond donors (Lipinski definition) is 2. The third kappa shape index (κ3) is 3.44. The zero-order valence-electron chi connectivity index (χ0n) is 13.2. The number of thioether (sulfide) groups is 1. The molecule has 2 N–H and O–H groups in total. The molecule has 0 saturated carbocycles. The van der Waals surface area contributed by atoms with Crippen LogP contribution in [0.4, 0.5) is 5.69 Å². The maximum absolute atomic E-state index is 12.1. The van der Waals surface area contributed by atoms with Crippen molar-refractivity contribution in [3.63, 3.8) is 0 Å². The Bertz CT molecular complexity index is 859. The topological polar surface area (TPSA) is 70.9 Å². The number of nitrogens with one attached hydrogen (secondary N) is 1. The van der Waals surface area contributed by atoms with Gasteiger partial charge in [0.15, 0.2) is 16.7 Å². The van der Waals surface area contributed by atoms with Crippen LogP contribution >= 0.6 is 11.8 Å². The summed E-state index contributed by atoms with van der Waals surface area (Å²) in [7, 11) is 1.48. The number of carbonyl (C=O) groups is 1. The number of amides is 1. The minimum Gasteiger partial charge on any atom is -0.504 e. The minimum atomic E-state index is -0.195. The molecule has 0 bridgehead atoms. The van der Waals surface area contributed by atoms with E-state index in [9.17, 15) is 9.90 Å². The SMILES string of the molecule is COc1cc(/C=C2\SC(=Nc3ccccc3C)NC2=O)ccc1O. The molecule has 122 valence electrons. The summed E-state index contributed by atoms with van der Waals surface area (Å²) in [6, 6.07) is 12.7. The molecule has 0 atom stereocenters. The molecule has 0 aromatic heterocycles. The van der Waals surface area contributed by atoms with Crippen molar-refractivity contribution >= 4 is 34.6 Å². The molecular formula is C18H16N2O3S. The van der Waals surface area contributed by atoms with Crippen LogP contribution in [0.15, 0.2) is 52.4 Å². The summed E-state index contributed by atoms with van der Waals surface area (Å²) in [6.45, 7) is 1.97. The summed E-state index contributed by atoms with van der Waals surface area (Å²) in [5, 5.41) is 12.9. The van der Waals surface area contributed by atoms with E-state index in [1.54, 1.807) is 18.2 Å².